The molecule has 0 aromatic carbocycles. The van der Waals surface area contributed by atoms with Gasteiger partial charge in [-0.1, -0.05) is 0 Å². The summed E-state index contributed by atoms with van der Waals surface area (Å²) in [5.74, 6) is 0.825. The molecule has 5 heteroatoms. The zero-order valence-electron chi connectivity index (χ0n) is 9.27. The Kier molecular flexibility index (Phi) is 6.97. The largest absolute Gasteiger partial charge is 0.480 e. The van der Waals surface area contributed by atoms with E-state index in [1.54, 1.807) is 0 Å². The number of hydrogen-bond donors (Lipinski definition) is 3. The minimum Gasteiger partial charge on any atom is -0.480 e. The molecule has 0 saturated carbocycles. The Labute approximate surface area is 94.8 Å². The predicted molar refractivity (Wildman–Crippen MR) is 58.5 cm³/mol. The van der Waals surface area contributed by atoms with Gasteiger partial charge in [0.25, 0.3) is 0 Å². The van der Waals surface area contributed by atoms with E-state index < -0.39 is 18.1 Å². The lowest BCUT2D eigenvalue weighted by Crippen LogP contribution is -2.47. The fourth-order valence-electron chi connectivity index (χ4n) is 1.15. The third-order valence-electron chi connectivity index (χ3n) is 2.04. The molecule has 3 N–H and O–H groups in total. The number of carbonyl (C=O) groups excluding carboxylic acids is 1. The van der Waals surface area contributed by atoms with Crippen molar-refractivity contribution < 1.29 is 19.8 Å². The topological polar surface area (TPSA) is 86.6 Å². The number of aliphatic carboxylic acids is 1. The molecule has 0 aliphatic heterocycles. The summed E-state index contributed by atoms with van der Waals surface area (Å²) in [6.45, 7) is 1.32. The van der Waals surface area contributed by atoms with Gasteiger partial charge < -0.3 is 15.5 Å². The molecule has 0 aromatic rings. The molecule has 0 rings (SSSR count). The third-order valence-corrected chi connectivity index (χ3v) is 2.04. The lowest BCUT2D eigenvalue weighted by Gasteiger charge is -2.16. The molecular weight excluding hydrogens is 210 g/mol. The first-order valence-corrected chi connectivity index (χ1v) is 5.12. The number of carboxylic acid groups (broad SMARTS) is 1. The van der Waals surface area contributed by atoms with Crippen LogP contribution in [0.4, 0.5) is 0 Å². The van der Waals surface area contributed by atoms with Crippen molar-refractivity contribution >= 4 is 11.9 Å². The second-order valence-corrected chi connectivity index (χ2v) is 3.54. The van der Waals surface area contributed by atoms with Crippen LogP contribution >= 0.6 is 0 Å². The van der Waals surface area contributed by atoms with Gasteiger partial charge in [-0.2, -0.15) is 0 Å². The molecule has 0 fully saturated rings. The number of aliphatic hydroxyl groups excluding tert-OH is 1. The highest BCUT2D eigenvalue weighted by Gasteiger charge is 2.24. The Morgan fingerprint density at radius 3 is 2.50 bits per heavy atom. The predicted octanol–water partition coefficient (Wildman–Crippen LogP) is 0.130. The second kappa shape index (κ2) is 7.71. The van der Waals surface area contributed by atoms with Gasteiger partial charge in [0.05, 0.1) is 6.10 Å². The van der Waals surface area contributed by atoms with Crippen molar-refractivity contribution in [1.82, 2.24) is 5.32 Å². The number of amides is 1. The maximum absolute atomic E-state index is 11.3. The van der Waals surface area contributed by atoms with Crippen molar-refractivity contribution in [3.05, 3.63) is 0 Å². The van der Waals surface area contributed by atoms with Crippen LogP contribution in [0.2, 0.25) is 0 Å². The Balaban J connectivity index is 3.93. The number of unbranched alkanes of at least 4 members (excludes halogenated alkanes) is 2. The lowest BCUT2D eigenvalue weighted by molar-refractivity contribution is -0.144. The summed E-state index contributed by atoms with van der Waals surface area (Å²) in [5, 5.41) is 20.1. The molecule has 0 radical (unpaired) electrons. The summed E-state index contributed by atoms with van der Waals surface area (Å²) in [7, 11) is 0. The first kappa shape index (κ1) is 14.5. The normalized spacial score (nSPS) is 13.6. The molecule has 0 bridgehead atoms. The maximum atomic E-state index is 11.3. The molecule has 2 atom stereocenters. The van der Waals surface area contributed by atoms with E-state index in [0.29, 0.717) is 12.8 Å². The molecule has 5 nitrogen and oxygen atoms in total. The second-order valence-electron chi connectivity index (χ2n) is 3.54. The highest BCUT2D eigenvalue weighted by Crippen LogP contribution is 2.00. The average Bonchev–Trinajstić information content (AvgIpc) is 2.20. The number of carboxylic acids is 1. The smallest absolute Gasteiger partial charge is 0.328 e. The zero-order valence-corrected chi connectivity index (χ0v) is 9.27. The average molecular weight is 227 g/mol. The zero-order chi connectivity index (χ0) is 12.6. The molecule has 0 heterocycles. The molecular formula is C11H17NO4. The van der Waals surface area contributed by atoms with Gasteiger partial charge in [0.1, 0.15) is 0 Å². The Morgan fingerprint density at radius 2 is 2.06 bits per heavy atom. The van der Waals surface area contributed by atoms with Gasteiger partial charge >= 0.3 is 5.97 Å². The lowest BCUT2D eigenvalue weighted by atomic mass is 10.1. The van der Waals surface area contributed by atoms with E-state index in [1.165, 1.54) is 6.92 Å². The van der Waals surface area contributed by atoms with Crippen molar-refractivity contribution in [3.63, 3.8) is 0 Å². The first-order valence-electron chi connectivity index (χ1n) is 5.12. The number of nitrogens with one attached hydrogen (secondary N) is 1. The molecule has 0 aliphatic carbocycles. The quantitative estimate of drug-likeness (QED) is 0.426. The number of terminal acetylenes is 1. The van der Waals surface area contributed by atoms with E-state index in [1.807, 2.05) is 0 Å². The SMILES string of the molecule is C#CCCCCC(=O)NC(C(=O)O)C(C)O. The summed E-state index contributed by atoms with van der Waals surface area (Å²) >= 11 is 0. The minimum atomic E-state index is -1.25. The molecule has 0 spiro atoms. The Bertz CT molecular complexity index is 280. The van der Waals surface area contributed by atoms with Gasteiger partial charge in [0.15, 0.2) is 6.04 Å². The van der Waals surface area contributed by atoms with Gasteiger partial charge in [0, 0.05) is 12.8 Å². The Morgan fingerprint density at radius 1 is 1.44 bits per heavy atom. The van der Waals surface area contributed by atoms with Crippen LogP contribution in [0.15, 0.2) is 0 Å². The van der Waals surface area contributed by atoms with Gasteiger partial charge in [-0.15, -0.1) is 12.3 Å². The standard InChI is InChI=1S/C11H17NO4/c1-3-4-5-6-7-9(14)12-10(8(2)13)11(15)16/h1,8,10,13H,4-7H2,2H3,(H,12,14)(H,15,16). The highest BCUT2D eigenvalue weighted by atomic mass is 16.4. The fraction of sp³-hybridized carbons (Fsp3) is 0.636. The van der Waals surface area contributed by atoms with Gasteiger partial charge in [0.2, 0.25) is 5.91 Å². The van der Waals surface area contributed by atoms with Crippen LogP contribution in [-0.2, 0) is 9.59 Å². The van der Waals surface area contributed by atoms with E-state index in [4.69, 9.17) is 16.6 Å². The summed E-state index contributed by atoms with van der Waals surface area (Å²) in [5.41, 5.74) is 0. The first-order chi connectivity index (χ1) is 7.49. The molecule has 1 amide bonds. The van der Waals surface area contributed by atoms with Crippen LogP contribution in [0.5, 0.6) is 0 Å². The van der Waals surface area contributed by atoms with E-state index in [2.05, 4.69) is 11.2 Å². The van der Waals surface area contributed by atoms with Gasteiger partial charge in [-0.25, -0.2) is 4.79 Å². The van der Waals surface area contributed by atoms with Crippen LogP contribution < -0.4 is 5.32 Å². The molecule has 0 saturated heterocycles. The molecule has 2 unspecified atom stereocenters. The van der Waals surface area contributed by atoms with Crippen molar-refractivity contribution in [2.75, 3.05) is 0 Å². The van der Waals surface area contributed by atoms with E-state index >= 15 is 0 Å². The van der Waals surface area contributed by atoms with E-state index in [0.717, 1.165) is 6.42 Å². The summed E-state index contributed by atoms with van der Waals surface area (Å²) < 4.78 is 0. The van der Waals surface area contributed by atoms with Crippen LogP contribution in [-0.4, -0.2) is 34.2 Å². The van der Waals surface area contributed by atoms with Crippen molar-refractivity contribution in [2.24, 2.45) is 0 Å². The van der Waals surface area contributed by atoms with Crippen LogP contribution in [0.1, 0.15) is 32.6 Å². The number of aliphatic hydroxyl groups is 1. The number of hydrogen-bond acceptors (Lipinski definition) is 3. The van der Waals surface area contributed by atoms with Gasteiger partial charge in [-0.3, -0.25) is 4.79 Å². The monoisotopic (exact) mass is 227 g/mol. The summed E-state index contributed by atoms with van der Waals surface area (Å²) in [6.07, 6.45) is 6.10. The van der Waals surface area contributed by atoms with Crippen molar-refractivity contribution in [3.8, 4) is 12.3 Å². The van der Waals surface area contributed by atoms with Crippen molar-refractivity contribution in [1.29, 1.82) is 0 Å². The molecule has 0 aromatic heterocycles. The van der Waals surface area contributed by atoms with Crippen LogP contribution in [0.3, 0.4) is 0 Å². The third kappa shape index (κ3) is 6.04. The molecule has 16 heavy (non-hydrogen) atoms. The maximum Gasteiger partial charge on any atom is 0.328 e. The van der Waals surface area contributed by atoms with E-state index in [9.17, 15) is 9.59 Å². The van der Waals surface area contributed by atoms with E-state index in [-0.39, 0.29) is 12.3 Å². The Hall–Kier alpha value is -1.54. The van der Waals surface area contributed by atoms with Crippen molar-refractivity contribution in [2.45, 2.75) is 44.8 Å². The summed E-state index contributed by atoms with van der Waals surface area (Å²) in [6, 6.07) is -1.25. The highest BCUT2D eigenvalue weighted by molar-refractivity contribution is 5.83. The van der Waals surface area contributed by atoms with Gasteiger partial charge in [-0.05, 0) is 19.8 Å². The summed E-state index contributed by atoms with van der Waals surface area (Å²) in [4.78, 5) is 21.9. The van der Waals surface area contributed by atoms with Crippen LogP contribution in [0.25, 0.3) is 0 Å². The fourth-order valence-corrected chi connectivity index (χ4v) is 1.15. The van der Waals surface area contributed by atoms with Crippen LogP contribution in [0, 0.1) is 12.3 Å². The number of rotatable bonds is 7. The molecule has 0 aliphatic rings. The minimum absolute atomic E-state index is 0.220. The number of carbonyl (C=O) groups is 2. The molecule has 90 valence electrons.